The van der Waals surface area contributed by atoms with E-state index in [1.165, 1.54) is 6.08 Å². The summed E-state index contributed by atoms with van der Waals surface area (Å²) in [5.74, 6) is 0.688. The topological polar surface area (TPSA) is 83.1 Å². The predicted molar refractivity (Wildman–Crippen MR) is 103 cm³/mol. The summed E-state index contributed by atoms with van der Waals surface area (Å²) in [7, 11) is 3.09. The number of carbonyl (C=O) groups excluding carboxylic acids is 2. The lowest BCUT2D eigenvalue weighted by Gasteiger charge is -2.20. The summed E-state index contributed by atoms with van der Waals surface area (Å²) in [4.78, 5) is 23.4. The minimum Gasteiger partial charge on any atom is -0.493 e. The Balaban J connectivity index is 2.94. The summed E-state index contributed by atoms with van der Waals surface area (Å²) in [5.41, 5.74) is 1.09. The molecule has 0 bridgehead atoms. The normalized spacial score (nSPS) is 11.2. The third-order valence-electron chi connectivity index (χ3n) is 3.39. The Labute approximate surface area is 160 Å². The van der Waals surface area contributed by atoms with Gasteiger partial charge in [-0.15, -0.1) is 0 Å². The molecule has 0 aliphatic heterocycles. The van der Waals surface area contributed by atoms with Gasteiger partial charge in [0.25, 0.3) is 0 Å². The summed E-state index contributed by atoms with van der Waals surface area (Å²) < 4.78 is 20.8. The van der Waals surface area contributed by atoms with Gasteiger partial charge in [-0.2, -0.15) is 0 Å². The molecule has 0 aromatic heterocycles. The molecule has 0 unspecified atom stereocenters. The Kier molecular flexibility index (Phi) is 8.65. The number of hydrogen-bond acceptors (Lipinski definition) is 6. The fourth-order valence-electron chi connectivity index (χ4n) is 2.27. The van der Waals surface area contributed by atoms with Crippen LogP contribution in [0.1, 0.15) is 38.8 Å². The van der Waals surface area contributed by atoms with E-state index in [1.54, 1.807) is 54.1 Å². The van der Waals surface area contributed by atoms with Crippen LogP contribution in [0.15, 0.2) is 18.2 Å². The lowest BCUT2D eigenvalue weighted by molar-refractivity contribution is -0.137. The SMILES string of the molecule is CCOC(=O)/C=C/c1cc(OC)c(OC)cc1CCNC(=O)OC(C)(C)C. The Morgan fingerprint density at radius 2 is 1.74 bits per heavy atom. The van der Waals surface area contributed by atoms with Crippen molar-refractivity contribution in [3.63, 3.8) is 0 Å². The second kappa shape index (κ2) is 10.4. The molecule has 0 atom stereocenters. The molecule has 150 valence electrons. The Bertz CT molecular complexity index is 676. The van der Waals surface area contributed by atoms with Crippen molar-refractivity contribution in [2.45, 2.75) is 39.7 Å². The van der Waals surface area contributed by atoms with Crippen molar-refractivity contribution in [3.8, 4) is 11.5 Å². The fourth-order valence-corrected chi connectivity index (χ4v) is 2.27. The molecule has 1 amide bonds. The van der Waals surface area contributed by atoms with Crippen molar-refractivity contribution in [2.75, 3.05) is 27.4 Å². The molecule has 0 aliphatic rings. The molecule has 0 radical (unpaired) electrons. The highest BCUT2D eigenvalue weighted by atomic mass is 16.6. The first kappa shape index (κ1) is 22.3. The van der Waals surface area contributed by atoms with E-state index < -0.39 is 17.7 Å². The third-order valence-corrected chi connectivity index (χ3v) is 3.39. The smallest absolute Gasteiger partial charge is 0.407 e. The Hall–Kier alpha value is -2.70. The van der Waals surface area contributed by atoms with Crippen LogP contribution in [0, 0.1) is 0 Å². The van der Waals surface area contributed by atoms with Crippen LogP contribution in [-0.4, -0.2) is 45.0 Å². The number of esters is 1. The van der Waals surface area contributed by atoms with Gasteiger partial charge in [-0.1, -0.05) is 0 Å². The first-order chi connectivity index (χ1) is 12.7. The van der Waals surface area contributed by atoms with Crippen LogP contribution in [0.2, 0.25) is 0 Å². The van der Waals surface area contributed by atoms with Crippen molar-refractivity contribution in [3.05, 3.63) is 29.3 Å². The molecule has 1 aromatic carbocycles. The molecule has 0 saturated heterocycles. The van der Waals surface area contributed by atoms with E-state index in [1.807, 2.05) is 6.07 Å². The van der Waals surface area contributed by atoms with Gasteiger partial charge < -0.3 is 24.3 Å². The first-order valence-corrected chi connectivity index (χ1v) is 8.76. The summed E-state index contributed by atoms with van der Waals surface area (Å²) in [5, 5.41) is 2.72. The van der Waals surface area contributed by atoms with Crippen molar-refractivity contribution < 1.29 is 28.5 Å². The van der Waals surface area contributed by atoms with Crippen LogP contribution in [0.25, 0.3) is 6.08 Å². The molecule has 0 aliphatic carbocycles. The quantitative estimate of drug-likeness (QED) is 0.551. The van der Waals surface area contributed by atoms with Gasteiger partial charge >= 0.3 is 12.1 Å². The van der Waals surface area contributed by atoms with E-state index in [2.05, 4.69) is 5.32 Å². The molecule has 0 saturated carbocycles. The van der Waals surface area contributed by atoms with E-state index in [-0.39, 0.29) is 0 Å². The maximum absolute atomic E-state index is 11.8. The average Bonchev–Trinajstić information content (AvgIpc) is 2.58. The fraction of sp³-hybridized carbons (Fsp3) is 0.500. The van der Waals surface area contributed by atoms with E-state index in [0.717, 1.165) is 11.1 Å². The molecule has 27 heavy (non-hydrogen) atoms. The van der Waals surface area contributed by atoms with Gasteiger partial charge in [0, 0.05) is 12.6 Å². The van der Waals surface area contributed by atoms with Crippen LogP contribution in [0.3, 0.4) is 0 Å². The van der Waals surface area contributed by atoms with Crippen molar-refractivity contribution in [2.24, 2.45) is 0 Å². The maximum Gasteiger partial charge on any atom is 0.407 e. The highest BCUT2D eigenvalue weighted by molar-refractivity contribution is 5.87. The van der Waals surface area contributed by atoms with Crippen molar-refractivity contribution >= 4 is 18.1 Å². The van der Waals surface area contributed by atoms with Gasteiger partial charge in [0.15, 0.2) is 11.5 Å². The molecule has 0 fully saturated rings. The number of amides is 1. The summed E-state index contributed by atoms with van der Waals surface area (Å²) in [6.45, 7) is 7.83. The number of rotatable bonds is 8. The standard InChI is InChI=1S/C20H29NO6/c1-7-26-18(22)9-8-14-12-16(24-5)17(25-6)13-15(14)10-11-21-19(23)27-20(2,3)4/h8-9,12-13H,7,10-11H2,1-6H3,(H,21,23)/b9-8+. The minimum absolute atomic E-state index is 0.307. The number of alkyl carbamates (subject to hydrolysis) is 1. The van der Waals surface area contributed by atoms with Crippen LogP contribution >= 0.6 is 0 Å². The number of ether oxygens (including phenoxy) is 4. The van der Waals surface area contributed by atoms with Crippen LogP contribution in [-0.2, 0) is 20.7 Å². The zero-order valence-corrected chi connectivity index (χ0v) is 16.9. The molecular weight excluding hydrogens is 350 g/mol. The molecule has 7 heteroatoms. The lowest BCUT2D eigenvalue weighted by Crippen LogP contribution is -2.33. The van der Waals surface area contributed by atoms with Gasteiger partial charge in [0.05, 0.1) is 20.8 Å². The highest BCUT2D eigenvalue weighted by Crippen LogP contribution is 2.31. The monoisotopic (exact) mass is 379 g/mol. The second-order valence-electron chi connectivity index (χ2n) is 6.67. The summed E-state index contributed by atoms with van der Waals surface area (Å²) in [6.07, 6.45) is 3.05. The van der Waals surface area contributed by atoms with Gasteiger partial charge in [-0.25, -0.2) is 9.59 Å². The van der Waals surface area contributed by atoms with Gasteiger partial charge in [-0.05, 0) is 63.5 Å². The molecule has 1 aromatic rings. The van der Waals surface area contributed by atoms with Gasteiger partial charge in [0.2, 0.25) is 0 Å². The first-order valence-electron chi connectivity index (χ1n) is 8.76. The van der Waals surface area contributed by atoms with Crippen LogP contribution in [0.5, 0.6) is 11.5 Å². The number of hydrogen-bond donors (Lipinski definition) is 1. The number of benzene rings is 1. The number of nitrogens with one attached hydrogen (secondary N) is 1. The summed E-state index contributed by atoms with van der Waals surface area (Å²) in [6, 6.07) is 3.60. The molecule has 1 rings (SSSR count). The second-order valence-corrected chi connectivity index (χ2v) is 6.67. The zero-order chi connectivity index (χ0) is 20.4. The predicted octanol–water partition coefficient (Wildman–Crippen LogP) is 3.35. The van der Waals surface area contributed by atoms with E-state index in [0.29, 0.717) is 31.1 Å². The third kappa shape index (κ3) is 8.02. The summed E-state index contributed by atoms with van der Waals surface area (Å²) >= 11 is 0. The van der Waals surface area contributed by atoms with Gasteiger partial charge in [-0.3, -0.25) is 0 Å². The van der Waals surface area contributed by atoms with Crippen LogP contribution in [0.4, 0.5) is 4.79 Å². The van der Waals surface area contributed by atoms with Crippen molar-refractivity contribution in [1.82, 2.24) is 5.32 Å². The van der Waals surface area contributed by atoms with E-state index in [4.69, 9.17) is 18.9 Å². The molecule has 1 N–H and O–H groups in total. The molecule has 0 heterocycles. The van der Waals surface area contributed by atoms with E-state index in [9.17, 15) is 9.59 Å². The maximum atomic E-state index is 11.8. The zero-order valence-electron chi connectivity index (χ0n) is 16.9. The number of methoxy groups -OCH3 is 2. The molecule has 7 nitrogen and oxygen atoms in total. The van der Waals surface area contributed by atoms with Crippen molar-refractivity contribution in [1.29, 1.82) is 0 Å². The Morgan fingerprint density at radius 1 is 1.11 bits per heavy atom. The average molecular weight is 379 g/mol. The Morgan fingerprint density at radius 3 is 2.30 bits per heavy atom. The lowest BCUT2D eigenvalue weighted by atomic mass is 10.0. The van der Waals surface area contributed by atoms with Gasteiger partial charge in [0.1, 0.15) is 5.60 Å². The highest BCUT2D eigenvalue weighted by Gasteiger charge is 2.16. The molecular formula is C20H29NO6. The van der Waals surface area contributed by atoms with E-state index >= 15 is 0 Å². The minimum atomic E-state index is -0.555. The molecule has 0 spiro atoms. The largest absolute Gasteiger partial charge is 0.493 e. The number of carbonyl (C=O) groups is 2. The van der Waals surface area contributed by atoms with Crippen LogP contribution < -0.4 is 14.8 Å².